The van der Waals surface area contributed by atoms with Crippen LogP contribution in [0, 0.1) is 0 Å². The zero-order valence-corrected chi connectivity index (χ0v) is 13.1. The number of piperazine rings is 1. The third-order valence-electron chi connectivity index (χ3n) is 4.42. The number of sulfonamides is 1. The van der Waals surface area contributed by atoms with Gasteiger partial charge in [-0.1, -0.05) is 6.07 Å². The summed E-state index contributed by atoms with van der Waals surface area (Å²) in [5, 5.41) is 0. The maximum Gasteiger partial charge on any atom is 0.245 e. The summed E-state index contributed by atoms with van der Waals surface area (Å²) in [5.41, 5.74) is 1.15. The van der Waals surface area contributed by atoms with Crippen molar-refractivity contribution < 1.29 is 8.42 Å². The molecular formula is C13H16N4O2S2. The standard InChI is InChI=1S/C13H16N4O2S2/c18-21(19,12-5-1-4-11-13(12)15-20-14-11)17-8-7-16-6-2-3-10(16)9-17/h1,4-5,10H,2-3,6-9H2. The molecule has 21 heavy (non-hydrogen) atoms. The van der Waals surface area contributed by atoms with Gasteiger partial charge in [0, 0.05) is 25.7 Å². The van der Waals surface area contributed by atoms with E-state index >= 15 is 0 Å². The van der Waals surface area contributed by atoms with E-state index < -0.39 is 10.0 Å². The number of rotatable bonds is 2. The van der Waals surface area contributed by atoms with Crippen molar-refractivity contribution in [1.29, 1.82) is 0 Å². The van der Waals surface area contributed by atoms with Gasteiger partial charge in [0.05, 0.1) is 11.7 Å². The molecule has 3 heterocycles. The summed E-state index contributed by atoms with van der Waals surface area (Å²) in [5.74, 6) is 0. The lowest BCUT2D eigenvalue weighted by Gasteiger charge is -2.36. The Balaban J connectivity index is 1.71. The summed E-state index contributed by atoms with van der Waals surface area (Å²) in [6.45, 7) is 3.09. The molecule has 1 atom stereocenters. The van der Waals surface area contributed by atoms with Gasteiger partial charge < -0.3 is 0 Å². The average Bonchev–Trinajstić information content (AvgIpc) is 3.14. The molecule has 6 nitrogen and oxygen atoms in total. The van der Waals surface area contributed by atoms with Gasteiger partial charge in [-0.3, -0.25) is 4.90 Å². The van der Waals surface area contributed by atoms with Crippen molar-refractivity contribution in [1.82, 2.24) is 18.0 Å². The van der Waals surface area contributed by atoms with Crippen LogP contribution in [-0.4, -0.2) is 58.6 Å². The number of hydrogen-bond acceptors (Lipinski definition) is 6. The molecule has 0 bridgehead atoms. The average molecular weight is 324 g/mol. The van der Waals surface area contributed by atoms with Crippen LogP contribution < -0.4 is 0 Å². The first-order valence-corrected chi connectivity index (χ1v) is 9.29. The highest BCUT2D eigenvalue weighted by molar-refractivity contribution is 7.89. The van der Waals surface area contributed by atoms with E-state index in [-0.39, 0.29) is 0 Å². The molecule has 2 aliphatic heterocycles. The van der Waals surface area contributed by atoms with Crippen LogP contribution >= 0.6 is 11.7 Å². The lowest BCUT2D eigenvalue weighted by molar-refractivity contribution is 0.158. The summed E-state index contributed by atoms with van der Waals surface area (Å²) < 4.78 is 35.8. The minimum atomic E-state index is -3.49. The highest BCUT2D eigenvalue weighted by atomic mass is 32.2. The van der Waals surface area contributed by atoms with Crippen LogP contribution in [0.5, 0.6) is 0 Å². The Labute approximate surface area is 127 Å². The summed E-state index contributed by atoms with van der Waals surface area (Å²) in [6.07, 6.45) is 2.26. The molecule has 2 aliphatic rings. The Kier molecular flexibility index (Phi) is 3.21. The summed E-state index contributed by atoms with van der Waals surface area (Å²) in [4.78, 5) is 2.69. The van der Waals surface area contributed by atoms with Crippen LogP contribution in [0.25, 0.3) is 11.0 Å². The van der Waals surface area contributed by atoms with Crippen LogP contribution in [-0.2, 0) is 10.0 Å². The van der Waals surface area contributed by atoms with E-state index in [1.54, 1.807) is 22.5 Å². The molecule has 1 aromatic heterocycles. The smallest absolute Gasteiger partial charge is 0.245 e. The molecule has 2 fully saturated rings. The Morgan fingerprint density at radius 1 is 1.19 bits per heavy atom. The number of nitrogens with zero attached hydrogens (tertiary/aromatic N) is 4. The number of hydrogen-bond donors (Lipinski definition) is 0. The summed E-state index contributed by atoms with van der Waals surface area (Å²) >= 11 is 1.05. The molecule has 2 aromatic rings. The van der Waals surface area contributed by atoms with Crippen LogP contribution in [0.15, 0.2) is 23.1 Å². The van der Waals surface area contributed by atoms with E-state index in [0.29, 0.717) is 35.1 Å². The largest absolute Gasteiger partial charge is 0.298 e. The molecule has 1 aromatic carbocycles. The molecule has 0 saturated carbocycles. The van der Waals surface area contributed by atoms with Crippen molar-refractivity contribution in [3.63, 3.8) is 0 Å². The first-order valence-electron chi connectivity index (χ1n) is 7.12. The lowest BCUT2D eigenvalue weighted by atomic mass is 10.2. The minimum absolute atomic E-state index is 0.292. The fourth-order valence-electron chi connectivity index (χ4n) is 3.31. The number of benzene rings is 1. The predicted octanol–water partition coefficient (Wildman–Crippen LogP) is 1.16. The van der Waals surface area contributed by atoms with E-state index in [9.17, 15) is 8.42 Å². The van der Waals surface area contributed by atoms with Gasteiger partial charge in [-0.2, -0.15) is 13.1 Å². The Morgan fingerprint density at radius 3 is 3.00 bits per heavy atom. The van der Waals surface area contributed by atoms with Crippen molar-refractivity contribution in [2.24, 2.45) is 0 Å². The first kappa shape index (κ1) is 13.6. The van der Waals surface area contributed by atoms with Crippen molar-refractivity contribution in [3.05, 3.63) is 18.2 Å². The second-order valence-electron chi connectivity index (χ2n) is 5.58. The fourth-order valence-corrected chi connectivity index (χ4v) is 5.53. The molecular weight excluding hydrogens is 308 g/mol. The van der Waals surface area contributed by atoms with E-state index in [1.165, 1.54) is 6.42 Å². The lowest BCUT2D eigenvalue weighted by Crippen LogP contribution is -2.51. The van der Waals surface area contributed by atoms with Crippen LogP contribution in [0.1, 0.15) is 12.8 Å². The highest BCUT2D eigenvalue weighted by Crippen LogP contribution is 2.28. The molecule has 0 amide bonds. The Bertz CT molecular complexity index is 773. The van der Waals surface area contributed by atoms with Crippen molar-refractivity contribution in [2.75, 3.05) is 26.2 Å². The second-order valence-corrected chi connectivity index (χ2v) is 8.02. The van der Waals surface area contributed by atoms with E-state index in [4.69, 9.17) is 0 Å². The van der Waals surface area contributed by atoms with E-state index in [0.717, 1.165) is 31.2 Å². The van der Waals surface area contributed by atoms with Crippen molar-refractivity contribution >= 4 is 32.8 Å². The van der Waals surface area contributed by atoms with Crippen molar-refractivity contribution in [2.45, 2.75) is 23.8 Å². The zero-order chi connectivity index (χ0) is 14.4. The molecule has 0 aliphatic carbocycles. The SMILES string of the molecule is O=S(=O)(c1cccc2nsnc12)N1CCN2CCCC2C1. The van der Waals surface area contributed by atoms with Crippen LogP contribution in [0.2, 0.25) is 0 Å². The Hall–Kier alpha value is -1.09. The maximum absolute atomic E-state index is 12.9. The van der Waals surface area contributed by atoms with Crippen LogP contribution in [0.4, 0.5) is 0 Å². The number of aromatic nitrogens is 2. The van der Waals surface area contributed by atoms with E-state index in [2.05, 4.69) is 13.6 Å². The van der Waals surface area contributed by atoms with Gasteiger partial charge in [-0.05, 0) is 31.5 Å². The van der Waals surface area contributed by atoms with E-state index in [1.807, 2.05) is 0 Å². The van der Waals surface area contributed by atoms with Crippen LogP contribution in [0.3, 0.4) is 0 Å². The minimum Gasteiger partial charge on any atom is -0.298 e. The highest BCUT2D eigenvalue weighted by Gasteiger charge is 2.37. The zero-order valence-electron chi connectivity index (χ0n) is 11.5. The molecule has 0 radical (unpaired) electrons. The predicted molar refractivity (Wildman–Crippen MR) is 80.8 cm³/mol. The molecule has 2 saturated heterocycles. The monoisotopic (exact) mass is 324 g/mol. The third-order valence-corrected chi connectivity index (χ3v) is 6.86. The Morgan fingerprint density at radius 2 is 2.10 bits per heavy atom. The quantitative estimate of drug-likeness (QED) is 0.829. The molecule has 4 rings (SSSR count). The maximum atomic E-state index is 12.9. The van der Waals surface area contributed by atoms with Gasteiger partial charge in [0.1, 0.15) is 15.9 Å². The summed E-state index contributed by atoms with van der Waals surface area (Å²) in [6, 6.07) is 5.55. The molecule has 0 N–H and O–H groups in total. The van der Waals surface area contributed by atoms with Gasteiger partial charge in [-0.25, -0.2) is 8.42 Å². The topological polar surface area (TPSA) is 66.4 Å². The number of fused-ring (bicyclic) bond motifs is 2. The second kappa shape index (κ2) is 4.98. The van der Waals surface area contributed by atoms with Gasteiger partial charge in [0.2, 0.25) is 10.0 Å². The third kappa shape index (κ3) is 2.17. The van der Waals surface area contributed by atoms with Crippen molar-refractivity contribution in [3.8, 4) is 0 Å². The molecule has 1 unspecified atom stereocenters. The first-order chi connectivity index (χ1) is 10.2. The normalized spacial score (nSPS) is 24.5. The fraction of sp³-hybridized carbons (Fsp3) is 0.538. The molecule has 0 spiro atoms. The summed E-state index contributed by atoms with van der Waals surface area (Å²) in [7, 11) is -3.49. The molecule has 112 valence electrons. The van der Waals surface area contributed by atoms with Gasteiger partial charge in [-0.15, -0.1) is 0 Å². The van der Waals surface area contributed by atoms with Gasteiger partial charge in [0.15, 0.2) is 0 Å². The van der Waals surface area contributed by atoms with Gasteiger partial charge >= 0.3 is 0 Å². The van der Waals surface area contributed by atoms with Gasteiger partial charge in [0.25, 0.3) is 0 Å². The molecule has 8 heteroatoms.